The molecule has 0 spiro atoms. The van der Waals surface area contributed by atoms with Crippen LogP contribution in [0, 0.1) is 0 Å². The van der Waals surface area contributed by atoms with Crippen LogP contribution in [0.4, 0.5) is 11.4 Å². The molecule has 7 heteroatoms. The fourth-order valence-corrected chi connectivity index (χ4v) is 3.17. The highest BCUT2D eigenvalue weighted by Gasteiger charge is 2.12. The third-order valence-corrected chi connectivity index (χ3v) is 5.20. The van der Waals surface area contributed by atoms with Crippen LogP contribution in [0.25, 0.3) is 22.6 Å². The molecule has 5 nitrogen and oxygen atoms in total. The van der Waals surface area contributed by atoms with Crippen molar-refractivity contribution < 1.29 is 9.21 Å². The van der Waals surface area contributed by atoms with Crippen LogP contribution in [0.15, 0.2) is 65.1 Å². The van der Waals surface area contributed by atoms with Gasteiger partial charge in [-0.3, -0.25) is 4.79 Å². The number of hydrogen-bond acceptors (Lipinski definition) is 4. The number of carbonyl (C=O) groups is 1. The van der Waals surface area contributed by atoms with E-state index in [1.165, 1.54) is 6.07 Å². The standard InChI is InChI=1S/C22H17Cl2N3O2/c1-27(2)16-7-3-13(4-8-16)22-26-19-12-15(6-10-20(19)29-22)25-21(28)14-5-9-17(23)18(24)11-14/h3-12H,1-2H3,(H,25,28). The van der Waals surface area contributed by atoms with E-state index in [1.807, 2.05) is 43.3 Å². The second kappa shape index (κ2) is 7.78. The number of nitrogens with one attached hydrogen (secondary N) is 1. The van der Waals surface area contributed by atoms with Crippen molar-refractivity contribution in [2.45, 2.75) is 0 Å². The Morgan fingerprint density at radius 2 is 1.72 bits per heavy atom. The van der Waals surface area contributed by atoms with E-state index in [9.17, 15) is 4.79 Å². The average Bonchev–Trinajstić information content (AvgIpc) is 3.13. The highest BCUT2D eigenvalue weighted by Crippen LogP contribution is 2.28. The molecule has 1 heterocycles. The number of aromatic nitrogens is 1. The molecule has 0 aliphatic carbocycles. The van der Waals surface area contributed by atoms with E-state index >= 15 is 0 Å². The Balaban J connectivity index is 1.58. The number of hydrogen-bond donors (Lipinski definition) is 1. The van der Waals surface area contributed by atoms with E-state index in [4.69, 9.17) is 27.6 Å². The summed E-state index contributed by atoms with van der Waals surface area (Å²) in [5.41, 5.74) is 4.30. The molecule has 146 valence electrons. The van der Waals surface area contributed by atoms with Gasteiger partial charge in [-0.05, 0) is 60.7 Å². The molecule has 0 saturated carbocycles. The minimum absolute atomic E-state index is 0.286. The summed E-state index contributed by atoms with van der Waals surface area (Å²) >= 11 is 11.9. The Hall–Kier alpha value is -3.02. The lowest BCUT2D eigenvalue weighted by Crippen LogP contribution is -2.11. The number of oxazole rings is 1. The highest BCUT2D eigenvalue weighted by atomic mass is 35.5. The zero-order valence-corrected chi connectivity index (χ0v) is 17.3. The first kappa shape index (κ1) is 19.3. The fourth-order valence-electron chi connectivity index (χ4n) is 2.87. The van der Waals surface area contributed by atoms with Gasteiger partial charge < -0.3 is 14.6 Å². The van der Waals surface area contributed by atoms with Crippen molar-refractivity contribution in [1.82, 2.24) is 4.98 Å². The number of nitrogens with zero attached hydrogens (tertiary/aromatic N) is 2. The summed E-state index contributed by atoms with van der Waals surface area (Å²) in [5.74, 6) is 0.240. The Labute approximate surface area is 177 Å². The summed E-state index contributed by atoms with van der Waals surface area (Å²) < 4.78 is 5.86. The summed E-state index contributed by atoms with van der Waals surface area (Å²) in [7, 11) is 3.98. The molecular formula is C22H17Cl2N3O2. The number of benzene rings is 3. The normalized spacial score (nSPS) is 10.9. The van der Waals surface area contributed by atoms with Crippen LogP contribution in [0.5, 0.6) is 0 Å². The molecule has 0 unspecified atom stereocenters. The van der Waals surface area contributed by atoms with Crippen LogP contribution >= 0.6 is 23.2 Å². The highest BCUT2D eigenvalue weighted by molar-refractivity contribution is 6.42. The second-order valence-corrected chi connectivity index (χ2v) is 7.54. The number of rotatable bonds is 4. The van der Waals surface area contributed by atoms with Gasteiger partial charge in [-0.15, -0.1) is 0 Å². The van der Waals surface area contributed by atoms with Gasteiger partial charge in [0.05, 0.1) is 10.0 Å². The summed E-state index contributed by atoms with van der Waals surface area (Å²) in [6, 6.07) is 18.0. The SMILES string of the molecule is CN(C)c1ccc(-c2nc3cc(NC(=O)c4ccc(Cl)c(Cl)c4)ccc3o2)cc1. The van der Waals surface area contributed by atoms with E-state index in [0.717, 1.165) is 11.3 Å². The van der Waals surface area contributed by atoms with E-state index in [1.54, 1.807) is 30.3 Å². The van der Waals surface area contributed by atoms with Gasteiger partial charge in [0.1, 0.15) is 5.52 Å². The molecule has 4 aromatic rings. The maximum Gasteiger partial charge on any atom is 0.255 e. The lowest BCUT2D eigenvalue weighted by molar-refractivity contribution is 0.102. The zero-order chi connectivity index (χ0) is 20.5. The lowest BCUT2D eigenvalue weighted by atomic mass is 10.2. The molecule has 0 fully saturated rings. The first-order valence-electron chi connectivity index (χ1n) is 8.85. The molecule has 0 bridgehead atoms. The van der Waals surface area contributed by atoms with Gasteiger partial charge in [0.25, 0.3) is 5.91 Å². The second-order valence-electron chi connectivity index (χ2n) is 6.73. The minimum Gasteiger partial charge on any atom is -0.436 e. The number of halogens is 2. The molecule has 1 N–H and O–H groups in total. The van der Waals surface area contributed by atoms with Crippen LogP contribution in [0.2, 0.25) is 10.0 Å². The van der Waals surface area contributed by atoms with Crippen molar-refractivity contribution in [3.05, 3.63) is 76.3 Å². The summed E-state index contributed by atoms with van der Waals surface area (Å²) in [4.78, 5) is 19.0. The third-order valence-electron chi connectivity index (χ3n) is 4.46. The summed E-state index contributed by atoms with van der Waals surface area (Å²) in [6.07, 6.45) is 0. The minimum atomic E-state index is -0.286. The van der Waals surface area contributed by atoms with Crippen molar-refractivity contribution in [1.29, 1.82) is 0 Å². The molecule has 0 aliphatic rings. The maximum absolute atomic E-state index is 12.5. The van der Waals surface area contributed by atoms with Crippen molar-refractivity contribution >= 4 is 51.6 Å². The monoisotopic (exact) mass is 425 g/mol. The van der Waals surface area contributed by atoms with Gasteiger partial charge >= 0.3 is 0 Å². The molecule has 3 aromatic carbocycles. The predicted molar refractivity (Wildman–Crippen MR) is 118 cm³/mol. The Morgan fingerprint density at radius 3 is 2.41 bits per heavy atom. The Kier molecular flexibility index (Phi) is 5.18. The molecule has 4 rings (SSSR count). The molecule has 0 saturated heterocycles. The van der Waals surface area contributed by atoms with Gasteiger partial charge in [-0.25, -0.2) is 4.98 Å². The first-order chi connectivity index (χ1) is 13.9. The first-order valence-corrected chi connectivity index (χ1v) is 9.61. The zero-order valence-electron chi connectivity index (χ0n) is 15.7. The van der Waals surface area contributed by atoms with Gasteiger partial charge in [-0.1, -0.05) is 23.2 Å². The molecule has 0 aliphatic heterocycles. The number of anilines is 2. The van der Waals surface area contributed by atoms with E-state index in [2.05, 4.69) is 10.3 Å². The quantitative estimate of drug-likeness (QED) is 0.427. The van der Waals surface area contributed by atoms with Crippen molar-refractivity contribution in [3.8, 4) is 11.5 Å². The smallest absolute Gasteiger partial charge is 0.255 e. The summed E-state index contributed by atoms with van der Waals surface area (Å²) in [6.45, 7) is 0. The third kappa shape index (κ3) is 4.06. The van der Waals surface area contributed by atoms with Crippen LogP contribution in [-0.4, -0.2) is 25.0 Å². The average molecular weight is 426 g/mol. The molecule has 1 amide bonds. The van der Waals surface area contributed by atoms with Crippen LogP contribution in [0.3, 0.4) is 0 Å². The summed E-state index contributed by atoms with van der Waals surface area (Å²) in [5, 5.41) is 3.57. The van der Waals surface area contributed by atoms with Crippen molar-refractivity contribution in [3.63, 3.8) is 0 Å². The topological polar surface area (TPSA) is 58.4 Å². The molecule has 0 radical (unpaired) electrons. The van der Waals surface area contributed by atoms with Crippen LogP contribution in [-0.2, 0) is 0 Å². The molecule has 1 aromatic heterocycles. The van der Waals surface area contributed by atoms with Gasteiger partial charge in [0, 0.05) is 36.6 Å². The fraction of sp³-hybridized carbons (Fsp3) is 0.0909. The van der Waals surface area contributed by atoms with Crippen molar-refractivity contribution in [2.24, 2.45) is 0 Å². The molecular weight excluding hydrogens is 409 g/mol. The number of amides is 1. The largest absolute Gasteiger partial charge is 0.436 e. The van der Waals surface area contributed by atoms with E-state index < -0.39 is 0 Å². The van der Waals surface area contributed by atoms with Crippen LogP contribution < -0.4 is 10.2 Å². The maximum atomic E-state index is 12.5. The van der Waals surface area contributed by atoms with Crippen molar-refractivity contribution in [2.75, 3.05) is 24.3 Å². The van der Waals surface area contributed by atoms with Gasteiger partial charge in [-0.2, -0.15) is 0 Å². The van der Waals surface area contributed by atoms with Gasteiger partial charge in [0.2, 0.25) is 5.89 Å². The molecule has 29 heavy (non-hydrogen) atoms. The Bertz CT molecular complexity index is 1200. The van der Waals surface area contributed by atoms with E-state index in [-0.39, 0.29) is 5.91 Å². The molecule has 0 atom stereocenters. The number of carbonyl (C=O) groups excluding carboxylic acids is 1. The van der Waals surface area contributed by atoms with Gasteiger partial charge in [0.15, 0.2) is 5.58 Å². The number of fused-ring (bicyclic) bond motifs is 1. The van der Waals surface area contributed by atoms with E-state index in [0.29, 0.717) is 38.3 Å². The lowest BCUT2D eigenvalue weighted by Gasteiger charge is -2.11. The predicted octanol–water partition coefficient (Wildman–Crippen LogP) is 6.12. The van der Waals surface area contributed by atoms with Crippen LogP contribution in [0.1, 0.15) is 10.4 Å². The Morgan fingerprint density at radius 1 is 0.966 bits per heavy atom.